The van der Waals surface area contributed by atoms with Crippen LogP contribution in [-0.4, -0.2) is 22.6 Å². The van der Waals surface area contributed by atoms with Crippen LogP contribution >= 0.6 is 11.6 Å². The Bertz CT molecular complexity index is 852. The number of halogens is 2. The predicted octanol–water partition coefficient (Wildman–Crippen LogP) is 4.87. The van der Waals surface area contributed by atoms with E-state index in [4.69, 9.17) is 11.6 Å². The molecule has 0 bridgehead atoms. The number of nitrogens with zero attached hydrogens (tertiary/aromatic N) is 2. The molecule has 0 radical (unpaired) electrons. The van der Waals surface area contributed by atoms with Crippen molar-refractivity contribution in [1.82, 2.24) is 4.98 Å². The number of hydrogen-bond acceptors (Lipinski definition) is 3. The van der Waals surface area contributed by atoms with E-state index < -0.39 is 11.8 Å². The van der Waals surface area contributed by atoms with Gasteiger partial charge in [0.2, 0.25) is 0 Å². The van der Waals surface area contributed by atoms with E-state index in [1.54, 1.807) is 18.3 Å². The molecule has 0 amide bonds. The van der Waals surface area contributed by atoms with Crippen LogP contribution in [0.4, 0.5) is 10.1 Å². The maximum Gasteiger partial charge on any atom is 0.354 e. The van der Waals surface area contributed by atoms with Gasteiger partial charge in [0.05, 0.1) is 5.02 Å². The largest absolute Gasteiger partial charge is 0.477 e. The quantitative estimate of drug-likeness (QED) is 0.833. The molecule has 1 atom stereocenters. The molecule has 4 rings (SSSR count). The molecule has 26 heavy (non-hydrogen) atoms. The van der Waals surface area contributed by atoms with Crippen LogP contribution in [0.15, 0.2) is 30.5 Å². The van der Waals surface area contributed by atoms with Crippen LogP contribution in [0.25, 0.3) is 0 Å². The zero-order valence-corrected chi connectivity index (χ0v) is 15.0. The molecule has 0 saturated heterocycles. The summed E-state index contributed by atoms with van der Waals surface area (Å²) in [6.07, 6.45) is 6.39. The number of carboxylic acids is 1. The van der Waals surface area contributed by atoms with Gasteiger partial charge in [-0.15, -0.1) is 0 Å². The second kappa shape index (κ2) is 6.88. The van der Waals surface area contributed by atoms with Crippen molar-refractivity contribution in [3.8, 4) is 0 Å². The average molecular weight is 375 g/mol. The summed E-state index contributed by atoms with van der Waals surface area (Å²) in [5, 5.41) is 9.41. The summed E-state index contributed by atoms with van der Waals surface area (Å²) in [5.41, 5.74) is 3.00. The lowest BCUT2D eigenvalue weighted by Gasteiger charge is -2.39. The number of carboxylic acid groups (broad SMARTS) is 1. The summed E-state index contributed by atoms with van der Waals surface area (Å²) in [6, 6.07) is 6.62. The van der Waals surface area contributed by atoms with Gasteiger partial charge in [0.1, 0.15) is 11.5 Å². The Morgan fingerprint density at radius 1 is 1.27 bits per heavy atom. The fraction of sp³-hybridized carbons (Fsp3) is 0.400. The Hall–Kier alpha value is -2.14. The van der Waals surface area contributed by atoms with Gasteiger partial charge in [-0.2, -0.15) is 0 Å². The number of hydrogen-bond donors (Lipinski definition) is 1. The lowest BCUT2D eigenvalue weighted by Crippen LogP contribution is -2.36. The molecule has 1 aromatic carbocycles. The lowest BCUT2D eigenvalue weighted by atomic mass is 9.80. The second-order valence-electron chi connectivity index (χ2n) is 7.20. The van der Waals surface area contributed by atoms with Crippen molar-refractivity contribution < 1.29 is 14.3 Å². The van der Waals surface area contributed by atoms with Crippen molar-refractivity contribution in [2.75, 3.05) is 11.4 Å². The van der Waals surface area contributed by atoms with Crippen molar-refractivity contribution in [3.05, 3.63) is 58.1 Å². The van der Waals surface area contributed by atoms with E-state index in [-0.39, 0.29) is 16.6 Å². The van der Waals surface area contributed by atoms with Crippen LogP contribution in [0.3, 0.4) is 0 Å². The molecule has 1 fully saturated rings. The summed E-state index contributed by atoms with van der Waals surface area (Å²) < 4.78 is 13.9. The maximum absolute atomic E-state index is 13.9. The van der Waals surface area contributed by atoms with Gasteiger partial charge in [0, 0.05) is 30.9 Å². The van der Waals surface area contributed by atoms with Crippen molar-refractivity contribution in [2.24, 2.45) is 5.92 Å². The number of pyridine rings is 1. The highest BCUT2D eigenvalue weighted by molar-refractivity contribution is 6.30. The van der Waals surface area contributed by atoms with Crippen molar-refractivity contribution >= 4 is 23.3 Å². The number of fused-ring (bicyclic) bond motifs is 1. The van der Waals surface area contributed by atoms with Gasteiger partial charge in [0.25, 0.3) is 0 Å². The van der Waals surface area contributed by atoms with Crippen LogP contribution in [0, 0.1) is 11.7 Å². The molecule has 4 nitrogen and oxygen atoms in total. The molecular weight excluding hydrogens is 355 g/mol. The Morgan fingerprint density at radius 3 is 2.73 bits per heavy atom. The second-order valence-corrected chi connectivity index (χ2v) is 7.61. The number of anilines is 1. The fourth-order valence-electron chi connectivity index (χ4n) is 4.34. The average Bonchev–Trinajstić information content (AvgIpc) is 3.17. The lowest BCUT2D eigenvalue weighted by molar-refractivity contribution is 0.0690. The minimum atomic E-state index is -1.000. The Morgan fingerprint density at radius 2 is 2.04 bits per heavy atom. The molecule has 1 N–H and O–H groups in total. The first-order chi connectivity index (χ1) is 12.5. The Labute approximate surface area is 156 Å². The molecule has 1 unspecified atom stereocenters. The van der Waals surface area contributed by atoms with Gasteiger partial charge in [-0.1, -0.05) is 24.4 Å². The Kier molecular flexibility index (Phi) is 4.57. The molecular formula is C20H20ClFN2O2. The van der Waals surface area contributed by atoms with Gasteiger partial charge in [-0.05, 0) is 54.2 Å². The molecule has 2 aromatic rings. The van der Waals surface area contributed by atoms with Gasteiger partial charge in [0.15, 0.2) is 0 Å². The van der Waals surface area contributed by atoms with Gasteiger partial charge >= 0.3 is 5.97 Å². The van der Waals surface area contributed by atoms with Crippen molar-refractivity contribution in [3.63, 3.8) is 0 Å². The zero-order valence-electron chi connectivity index (χ0n) is 14.3. The van der Waals surface area contributed by atoms with Crippen LogP contribution in [-0.2, 0) is 6.54 Å². The van der Waals surface area contributed by atoms with E-state index in [0.717, 1.165) is 36.2 Å². The summed E-state index contributed by atoms with van der Waals surface area (Å²) in [4.78, 5) is 17.6. The number of benzene rings is 1. The van der Waals surface area contributed by atoms with Gasteiger partial charge in [-0.25, -0.2) is 14.2 Å². The van der Waals surface area contributed by atoms with E-state index >= 15 is 0 Å². The molecule has 1 saturated carbocycles. The van der Waals surface area contributed by atoms with Crippen LogP contribution in [0.2, 0.25) is 5.02 Å². The first kappa shape index (κ1) is 17.3. The molecule has 1 aliphatic heterocycles. The minimum absolute atomic E-state index is 0.0951. The molecule has 6 heteroatoms. The first-order valence-corrected chi connectivity index (χ1v) is 9.33. The SMILES string of the molecule is O=C(O)c1cc2c(cn1)CN(c1ccc(Cl)c(F)c1)CC2C1CCCC1. The molecule has 0 spiro atoms. The third-order valence-electron chi connectivity index (χ3n) is 5.66. The molecule has 1 aliphatic carbocycles. The highest BCUT2D eigenvalue weighted by atomic mass is 35.5. The van der Waals surface area contributed by atoms with E-state index in [9.17, 15) is 14.3 Å². The summed E-state index contributed by atoms with van der Waals surface area (Å²) in [6.45, 7) is 1.34. The molecule has 2 aliphatic rings. The number of carbonyl (C=O) groups is 1. The monoisotopic (exact) mass is 374 g/mol. The van der Waals surface area contributed by atoms with Gasteiger partial charge < -0.3 is 10.0 Å². The highest BCUT2D eigenvalue weighted by Crippen LogP contribution is 2.42. The summed E-state index contributed by atoms with van der Waals surface area (Å²) >= 11 is 5.82. The summed E-state index contributed by atoms with van der Waals surface area (Å²) in [7, 11) is 0. The van der Waals surface area contributed by atoms with Crippen molar-refractivity contribution in [1.29, 1.82) is 0 Å². The number of rotatable bonds is 3. The van der Waals surface area contributed by atoms with E-state index in [1.165, 1.54) is 18.9 Å². The molecule has 2 heterocycles. The molecule has 1 aromatic heterocycles. The van der Waals surface area contributed by atoms with Crippen LogP contribution < -0.4 is 4.90 Å². The smallest absolute Gasteiger partial charge is 0.354 e. The summed E-state index contributed by atoms with van der Waals surface area (Å²) in [5.74, 6) is -0.661. The standard InChI is InChI=1S/C20H20ClFN2O2/c21-17-6-5-14(7-18(17)22)24-10-13-9-23-19(20(25)26)8-15(13)16(11-24)12-3-1-2-4-12/h5-9,12,16H,1-4,10-11H2,(H,25,26). The maximum atomic E-state index is 13.9. The molecule has 136 valence electrons. The van der Waals surface area contributed by atoms with Crippen LogP contribution in [0.5, 0.6) is 0 Å². The first-order valence-electron chi connectivity index (χ1n) is 8.95. The third kappa shape index (κ3) is 3.16. The fourth-order valence-corrected chi connectivity index (χ4v) is 4.46. The minimum Gasteiger partial charge on any atom is -0.477 e. The normalized spacial score (nSPS) is 20.2. The predicted molar refractivity (Wildman–Crippen MR) is 98.4 cm³/mol. The highest BCUT2D eigenvalue weighted by Gasteiger charge is 2.34. The van der Waals surface area contributed by atoms with E-state index in [2.05, 4.69) is 9.88 Å². The van der Waals surface area contributed by atoms with Crippen molar-refractivity contribution in [2.45, 2.75) is 38.1 Å². The Balaban J connectivity index is 1.73. The van der Waals surface area contributed by atoms with Gasteiger partial charge in [-0.3, -0.25) is 0 Å². The van der Waals surface area contributed by atoms with E-state index in [1.807, 2.05) is 6.07 Å². The van der Waals surface area contributed by atoms with E-state index in [0.29, 0.717) is 12.5 Å². The third-order valence-corrected chi connectivity index (χ3v) is 5.96. The zero-order chi connectivity index (χ0) is 18.3. The number of aromatic nitrogens is 1. The number of aromatic carboxylic acids is 1. The topological polar surface area (TPSA) is 53.4 Å². The van der Waals surface area contributed by atoms with Crippen LogP contribution in [0.1, 0.15) is 53.2 Å².